The number of anilines is 1. The average molecular weight is 304 g/mol. The largest absolute Gasteiger partial charge is 0.355 e. The van der Waals surface area contributed by atoms with Crippen LogP contribution in [0.4, 0.5) is 5.69 Å². The predicted molar refractivity (Wildman–Crippen MR) is 81.8 cm³/mol. The van der Waals surface area contributed by atoms with Gasteiger partial charge in [0.05, 0.1) is 4.90 Å². The van der Waals surface area contributed by atoms with Crippen molar-refractivity contribution in [2.24, 2.45) is 0 Å². The van der Waals surface area contributed by atoms with E-state index in [0.717, 1.165) is 5.56 Å². The Labute approximate surface area is 124 Å². The minimum atomic E-state index is -3.66. The molecule has 0 aliphatic carbocycles. The molecule has 0 aliphatic heterocycles. The van der Waals surface area contributed by atoms with Gasteiger partial charge in [-0.25, -0.2) is 8.42 Å². The predicted octanol–water partition coefficient (Wildman–Crippen LogP) is 2.16. The monoisotopic (exact) mass is 304 g/mol. The molecule has 6 heteroatoms. The lowest BCUT2D eigenvalue weighted by Gasteiger charge is -2.09. The van der Waals surface area contributed by atoms with Crippen LogP contribution in [0, 0.1) is 6.92 Å². The maximum atomic E-state index is 12.2. The van der Waals surface area contributed by atoms with Gasteiger partial charge in [-0.3, -0.25) is 9.52 Å². The highest BCUT2D eigenvalue weighted by molar-refractivity contribution is 7.92. The van der Waals surface area contributed by atoms with Crippen molar-refractivity contribution in [3.8, 4) is 0 Å². The first kappa shape index (κ1) is 15.1. The molecule has 0 unspecified atom stereocenters. The third kappa shape index (κ3) is 3.61. The number of hydrogen-bond donors (Lipinski definition) is 2. The van der Waals surface area contributed by atoms with Crippen molar-refractivity contribution in [2.45, 2.75) is 11.8 Å². The normalized spacial score (nSPS) is 11.0. The number of carbonyl (C=O) groups is 1. The van der Waals surface area contributed by atoms with Crippen LogP contribution in [-0.2, 0) is 10.0 Å². The lowest BCUT2D eigenvalue weighted by atomic mass is 10.2. The molecule has 0 radical (unpaired) electrons. The second-order valence-electron chi connectivity index (χ2n) is 4.58. The summed E-state index contributed by atoms with van der Waals surface area (Å²) in [6.07, 6.45) is 0. The molecule has 2 rings (SSSR count). The Kier molecular flexibility index (Phi) is 4.28. The molecule has 0 aliphatic rings. The van der Waals surface area contributed by atoms with Crippen LogP contribution in [0.5, 0.6) is 0 Å². The Morgan fingerprint density at radius 3 is 2.05 bits per heavy atom. The molecule has 2 aromatic rings. The number of nitrogens with one attached hydrogen (secondary N) is 2. The van der Waals surface area contributed by atoms with Gasteiger partial charge in [0, 0.05) is 18.3 Å². The number of benzene rings is 2. The zero-order chi connectivity index (χ0) is 15.5. The van der Waals surface area contributed by atoms with Crippen molar-refractivity contribution < 1.29 is 13.2 Å². The van der Waals surface area contributed by atoms with E-state index in [-0.39, 0.29) is 10.8 Å². The molecule has 0 fully saturated rings. The molecule has 0 aromatic heterocycles. The molecular weight excluding hydrogens is 288 g/mol. The molecule has 0 saturated heterocycles. The summed E-state index contributed by atoms with van der Waals surface area (Å²) in [7, 11) is -2.14. The van der Waals surface area contributed by atoms with Crippen LogP contribution < -0.4 is 10.0 Å². The highest BCUT2D eigenvalue weighted by Gasteiger charge is 2.14. The maximum Gasteiger partial charge on any atom is 0.261 e. The Morgan fingerprint density at radius 2 is 1.52 bits per heavy atom. The van der Waals surface area contributed by atoms with Gasteiger partial charge in [0.1, 0.15) is 0 Å². The van der Waals surface area contributed by atoms with E-state index >= 15 is 0 Å². The van der Waals surface area contributed by atoms with Crippen LogP contribution >= 0.6 is 0 Å². The van der Waals surface area contributed by atoms with E-state index in [1.54, 1.807) is 12.1 Å². The Morgan fingerprint density at radius 1 is 0.952 bits per heavy atom. The minimum Gasteiger partial charge on any atom is -0.355 e. The summed E-state index contributed by atoms with van der Waals surface area (Å²) in [6, 6.07) is 12.8. The van der Waals surface area contributed by atoms with Gasteiger partial charge in [-0.1, -0.05) is 17.7 Å². The van der Waals surface area contributed by atoms with Crippen molar-refractivity contribution in [3.05, 3.63) is 59.7 Å². The van der Waals surface area contributed by atoms with Crippen LogP contribution in [0.15, 0.2) is 53.4 Å². The van der Waals surface area contributed by atoms with Gasteiger partial charge in [0.25, 0.3) is 15.9 Å². The van der Waals surface area contributed by atoms with Crippen LogP contribution in [-0.4, -0.2) is 21.4 Å². The molecule has 5 nitrogen and oxygen atoms in total. The third-order valence-electron chi connectivity index (χ3n) is 2.96. The Balaban J connectivity index is 2.23. The number of sulfonamides is 1. The molecule has 0 heterocycles. The van der Waals surface area contributed by atoms with Crippen LogP contribution in [0.1, 0.15) is 15.9 Å². The maximum absolute atomic E-state index is 12.2. The second kappa shape index (κ2) is 5.97. The lowest BCUT2D eigenvalue weighted by Crippen LogP contribution is -2.18. The topological polar surface area (TPSA) is 75.3 Å². The fourth-order valence-corrected chi connectivity index (χ4v) is 2.82. The van der Waals surface area contributed by atoms with Crippen molar-refractivity contribution in [1.82, 2.24) is 5.32 Å². The molecule has 0 atom stereocenters. The molecule has 21 heavy (non-hydrogen) atoms. The summed E-state index contributed by atoms with van der Waals surface area (Å²) in [5, 5.41) is 2.48. The number of carbonyl (C=O) groups excluding carboxylic acids is 1. The van der Waals surface area contributed by atoms with Gasteiger partial charge < -0.3 is 5.32 Å². The fraction of sp³-hybridized carbons (Fsp3) is 0.133. The van der Waals surface area contributed by atoms with Gasteiger partial charge in [0.2, 0.25) is 0 Å². The summed E-state index contributed by atoms with van der Waals surface area (Å²) < 4.78 is 26.9. The number of aryl methyl sites for hydroxylation is 1. The van der Waals surface area contributed by atoms with Gasteiger partial charge >= 0.3 is 0 Å². The lowest BCUT2D eigenvalue weighted by molar-refractivity contribution is 0.0963. The molecule has 2 aromatic carbocycles. The van der Waals surface area contributed by atoms with E-state index in [0.29, 0.717) is 11.3 Å². The van der Waals surface area contributed by atoms with Gasteiger partial charge in [-0.2, -0.15) is 0 Å². The van der Waals surface area contributed by atoms with E-state index in [4.69, 9.17) is 0 Å². The molecular formula is C15H16N2O3S. The van der Waals surface area contributed by atoms with Gasteiger partial charge in [-0.15, -0.1) is 0 Å². The summed E-state index contributed by atoms with van der Waals surface area (Å²) >= 11 is 0. The Bertz CT molecular complexity index is 735. The van der Waals surface area contributed by atoms with E-state index in [1.807, 2.05) is 19.1 Å². The molecule has 0 saturated carbocycles. The minimum absolute atomic E-state index is 0.107. The Hall–Kier alpha value is -2.34. The second-order valence-corrected chi connectivity index (χ2v) is 6.26. The highest BCUT2D eigenvalue weighted by Crippen LogP contribution is 2.17. The molecule has 2 N–H and O–H groups in total. The molecule has 110 valence electrons. The van der Waals surface area contributed by atoms with E-state index in [1.165, 1.54) is 31.3 Å². The summed E-state index contributed by atoms with van der Waals surface area (Å²) in [4.78, 5) is 11.5. The zero-order valence-corrected chi connectivity index (χ0v) is 12.6. The quantitative estimate of drug-likeness (QED) is 0.909. The van der Waals surface area contributed by atoms with Crippen molar-refractivity contribution >= 4 is 21.6 Å². The molecule has 0 spiro atoms. The van der Waals surface area contributed by atoms with Gasteiger partial charge in [-0.05, 0) is 43.3 Å². The average Bonchev–Trinajstić information content (AvgIpc) is 2.49. The number of rotatable bonds is 4. The smallest absolute Gasteiger partial charge is 0.261 e. The molecule has 0 bridgehead atoms. The molecule has 1 amide bonds. The first-order chi connectivity index (χ1) is 9.92. The standard InChI is InChI=1S/C15H16N2O3S/c1-11-3-7-13(8-4-11)17-21(19,20)14-9-5-12(6-10-14)15(18)16-2/h3-10,17H,1-2H3,(H,16,18). The van der Waals surface area contributed by atoms with Gasteiger partial charge in [0.15, 0.2) is 0 Å². The highest BCUT2D eigenvalue weighted by atomic mass is 32.2. The summed E-state index contributed by atoms with van der Waals surface area (Å²) in [6.45, 7) is 1.93. The van der Waals surface area contributed by atoms with Crippen molar-refractivity contribution in [3.63, 3.8) is 0 Å². The van der Waals surface area contributed by atoms with Crippen LogP contribution in [0.2, 0.25) is 0 Å². The van der Waals surface area contributed by atoms with E-state index < -0.39 is 10.0 Å². The van der Waals surface area contributed by atoms with E-state index in [9.17, 15) is 13.2 Å². The SMILES string of the molecule is CNC(=O)c1ccc(S(=O)(=O)Nc2ccc(C)cc2)cc1. The summed E-state index contributed by atoms with van der Waals surface area (Å²) in [5.41, 5.74) is 1.95. The van der Waals surface area contributed by atoms with Crippen molar-refractivity contribution in [1.29, 1.82) is 0 Å². The van der Waals surface area contributed by atoms with Crippen LogP contribution in [0.25, 0.3) is 0 Å². The third-order valence-corrected chi connectivity index (χ3v) is 4.35. The van der Waals surface area contributed by atoms with Crippen LogP contribution in [0.3, 0.4) is 0 Å². The first-order valence-corrected chi connectivity index (χ1v) is 7.82. The van der Waals surface area contributed by atoms with Crippen molar-refractivity contribution in [2.75, 3.05) is 11.8 Å². The first-order valence-electron chi connectivity index (χ1n) is 6.34. The summed E-state index contributed by atoms with van der Waals surface area (Å²) in [5.74, 6) is -0.259. The fourth-order valence-electron chi connectivity index (χ4n) is 1.77. The zero-order valence-electron chi connectivity index (χ0n) is 11.8. The number of amides is 1. The van der Waals surface area contributed by atoms with E-state index in [2.05, 4.69) is 10.0 Å². The number of hydrogen-bond acceptors (Lipinski definition) is 3.